The third-order valence-electron chi connectivity index (χ3n) is 3.60. The third-order valence-corrected chi connectivity index (χ3v) is 3.60. The lowest BCUT2D eigenvalue weighted by Crippen LogP contribution is -2.19. The van der Waals surface area contributed by atoms with E-state index in [1.807, 2.05) is 12.1 Å². The zero-order valence-corrected chi connectivity index (χ0v) is 12.3. The van der Waals surface area contributed by atoms with Crippen LogP contribution in [0.3, 0.4) is 0 Å². The molecule has 0 bridgehead atoms. The van der Waals surface area contributed by atoms with Gasteiger partial charge in [0, 0.05) is 24.7 Å². The van der Waals surface area contributed by atoms with E-state index in [0.29, 0.717) is 18.0 Å². The normalized spacial score (nSPS) is 13.7. The van der Waals surface area contributed by atoms with Crippen molar-refractivity contribution in [2.45, 2.75) is 25.2 Å². The van der Waals surface area contributed by atoms with E-state index in [9.17, 15) is 9.59 Å². The van der Waals surface area contributed by atoms with Crippen LogP contribution in [0.15, 0.2) is 34.9 Å². The lowest BCUT2D eigenvalue weighted by atomic mass is 10.1. The van der Waals surface area contributed by atoms with E-state index in [-0.39, 0.29) is 17.5 Å². The summed E-state index contributed by atoms with van der Waals surface area (Å²) in [5.74, 6) is 0.866. The van der Waals surface area contributed by atoms with Crippen molar-refractivity contribution in [2.24, 2.45) is 0 Å². The highest BCUT2D eigenvalue weighted by atomic mass is 16.5. The summed E-state index contributed by atoms with van der Waals surface area (Å²) in [5.41, 5.74) is 1.83. The fourth-order valence-electron chi connectivity index (χ4n) is 2.13. The van der Waals surface area contributed by atoms with E-state index >= 15 is 0 Å². The standard InChI is InChI=1S/C16H17N3O3/c1-17-15(20)8-10-2-6-12(7-3-10)18-16(21)13-9-14(22-19-13)11-4-5-11/h2-3,6-7,9,11H,4-5,8H2,1H3,(H,17,20)(H,18,21). The molecule has 0 spiro atoms. The number of carbonyl (C=O) groups is 2. The number of aromatic nitrogens is 1. The predicted octanol–water partition coefficient (Wildman–Crippen LogP) is 2.09. The molecule has 1 saturated carbocycles. The van der Waals surface area contributed by atoms with Crippen molar-refractivity contribution >= 4 is 17.5 Å². The number of nitrogens with zero attached hydrogens (tertiary/aromatic N) is 1. The van der Waals surface area contributed by atoms with Crippen molar-refractivity contribution in [1.29, 1.82) is 0 Å². The summed E-state index contributed by atoms with van der Waals surface area (Å²) in [7, 11) is 1.60. The molecule has 114 valence electrons. The second kappa shape index (κ2) is 6.01. The zero-order valence-electron chi connectivity index (χ0n) is 12.3. The number of likely N-dealkylation sites (N-methyl/N-ethyl adjacent to an activating group) is 1. The van der Waals surface area contributed by atoms with Gasteiger partial charge in [-0.25, -0.2) is 0 Å². The Morgan fingerprint density at radius 1 is 1.27 bits per heavy atom. The largest absolute Gasteiger partial charge is 0.360 e. The van der Waals surface area contributed by atoms with Gasteiger partial charge in [0.2, 0.25) is 5.91 Å². The number of nitrogens with one attached hydrogen (secondary N) is 2. The summed E-state index contributed by atoms with van der Waals surface area (Å²) in [6.45, 7) is 0. The van der Waals surface area contributed by atoms with Gasteiger partial charge >= 0.3 is 0 Å². The minimum absolute atomic E-state index is 0.0491. The van der Waals surface area contributed by atoms with E-state index in [1.165, 1.54) is 0 Å². The number of carbonyl (C=O) groups excluding carboxylic acids is 2. The van der Waals surface area contributed by atoms with E-state index in [0.717, 1.165) is 24.2 Å². The third kappa shape index (κ3) is 3.33. The maximum Gasteiger partial charge on any atom is 0.277 e. The minimum atomic E-state index is -0.297. The van der Waals surface area contributed by atoms with E-state index in [2.05, 4.69) is 15.8 Å². The smallest absolute Gasteiger partial charge is 0.277 e. The van der Waals surface area contributed by atoms with Gasteiger partial charge in [0.05, 0.1) is 6.42 Å². The SMILES string of the molecule is CNC(=O)Cc1ccc(NC(=O)c2cc(C3CC3)on2)cc1. The number of anilines is 1. The number of hydrogen-bond acceptors (Lipinski definition) is 4. The Kier molecular flexibility index (Phi) is 3.91. The van der Waals surface area contributed by atoms with Gasteiger partial charge < -0.3 is 15.2 Å². The first-order valence-electron chi connectivity index (χ1n) is 7.23. The van der Waals surface area contributed by atoms with E-state index < -0.39 is 0 Å². The van der Waals surface area contributed by atoms with Crippen LogP contribution in [0.2, 0.25) is 0 Å². The highest BCUT2D eigenvalue weighted by molar-refractivity contribution is 6.02. The molecule has 2 aromatic rings. The Hall–Kier alpha value is -2.63. The average Bonchev–Trinajstić information content (AvgIpc) is 3.26. The number of benzene rings is 1. The molecule has 1 aliphatic carbocycles. The molecule has 2 amide bonds. The van der Waals surface area contributed by atoms with Crippen LogP contribution >= 0.6 is 0 Å². The van der Waals surface area contributed by atoms with Crippen LogP contribution in [0.4, 0.5) is 5.69 Å². The molecular weight excluding hydrogens is 282 g/mol. The Labute approximate surface area is 127 Å². The molecule has 1 fully saturated rings. The van der Waals surface area contributed by atoms with Gasteiger partial charge in [-0.15, -0.1) is 0 Å². The van der Waals surface area contributed by atoms with Gasteiger partial charge in [0.1, 0.15) is 5.76 Å². The molecule has 0 unspecified atom stereocenters. The second-order valence-electron chi connectivity index (χ2n) is 5.39. The van der Waals surface area contributed by atoms with Crippen LogP contribution in [-0.2, 0) is 11.2 Å². The molecular formula is C16H17N3O3. The summed E-state index contributed by atoms with van der Waals surface area (Å²) < 4.78 is 5.17. The van der Waals surface area contributed by atoms with Crippen LogP contribution in [0.5, 0.6) is 0 Å². The molecule has 1 heterocycles. The molecule has 3 rings (SSSR count). The lowest BCUT2D eigenvalue weighted by molar-refractivity contribution is -0.119. The summed E-state index contributed by atoms with van der Waals surface area (Å²) in [4.78, 5) is 23.4. The maximum absolute atomic E-state index is 12.1. The topological polar surface area (TPSA) is 84.2 Å². The predicted molar refractivity (Wildman–Crippen MR) is 80.6 cm³/mol. The summed E-state index contributed by atoms with van der Waals surface area (Å²) >= 11 is 0. The first kappa shape index (κ1) is 14.3. The summed E-state index contributed by atoms with van der Waals surface area (Å²) in [5, 5.41) is 9.14. The summed E-state index contributed by atoms with van der Waals surface area (Å²) in [6, 6.07) is 8.84. The van der Waals surface area contributed by atoms with E-state index in [1.54, 1.807) is 25.2 Å². The molecule has 0 saturated heterocycles. The maximum atomic E-state index is 12.1. The van der Waals surface area contributed by atoms with Gasteiger partial charge in [0.15, 0.2) is 5.69 Å². The molecule has 22 heavy (non-hydrogen) atoms. The van der Waals surface area contributed by atoms with Gasteiger partial charge in [-0.1, -0.05) is 17.3 Å². The Morgan fingerprint density at radius 2 is 2.00 bits per heavy atom. The molecule has 0 atom stereocenters. The monoisotopic (exact) mass is 299 g/mol. The second-order valence-corrected chi connectivity index (χ2v) is 5.39. The van der Waals surface area contributed by atoms with Crippen LogP contribution < -0.4 is 10.6 Å². The van der Waals surface area contributed by atoms with Crippen molar-refractivity contribution in [3.8, 4) is 0 Å². The van der Waals surface area contributed by atoms with Gasteiger partial charge in [-0.2, -0.15) is 0 Å². The van der Waals surface area contributed by atoms with Crippen molar-refractivity contribution in [3.63, 3.8) is 0 Å². The number of hydrogen-bond donors (Lipinski definition) is 2. The molecule has 1 aromatic carbocycles. The van der Waals surface area contributed by atoms with Crippen molar-refractivity contribution in [1.82, 2.24) is 10.5 Å². The Bertz CT molecular complexity index is 687. The zero-order chi connectivity index (χ0) is 15.5. The fraction of sp³-hybridized carbons (Fsp3) is 0.312. The molecule has 1 aliphatic rings. The van der Waals surface area contributed by atoms with Crippen molar-refractivity contribution in [2.75, 3.05) is 12.4 Å². The molecule has 0 aliphatic heterocycles. The average molecular weight is 299 g/mol. The molecule has 0 radical (unpaired) electrons. The molecule has 6 heteroatoms. The molecule has 2 N–H and O–H groups in total. The molecule has 1 aromatic heterocycles. The first-order valence-corrected chi connectivity index (χ1v) is 7.23. The Balaban J connectivity index is 1.61. The molecule has 6 nitrogen and oxygen atoms in total. The van der Waals surface area contributed by atoms with Crippen LogP contribution in [0.1, 0.15) is 40.6 Å². The van der Waals surface area contributed by atoms with Crippen molar-refractivity contribution in [3.05, 3.63) is 47.3 Å². The highest BCUT2D eigenvalue weighted by Crippen LogP contribution is 2.40. The number of rotatable bonds is 5. The van der Waals surface area contributed by atoms with Gasteiger partial charge in [0.25, 0.3) is 5.91 Å². The van der Waals surface area contributed by atoms with Gasteiger partial charge in [-0.3, -0.25) is 9.59 Å². The lowest BCUT2D eigenvalue weighted by Gasteiger charge is -2.04. The number of amides is 2. The minimum Gasteiger partial charge on any atom is -0.360 e. The van der Waals surface area contributed by atoms with Crippen LogP contribution in [-0.4, -0.2) is 24.0 Å². The fourth-order valence-corrected chi connectivity index (χ4v) is 2.13. The quantitative estimate of drug-likeness (QED) is 0.885. The van der Waals surface area contributed by atoms with Crippen LogP contribution in [0, 0.1) is 0 Å². The van der Waals surface area contributed by atoms with E-state index in [4.69, 9.17) is 4.52 Å². The first-order chi connectivity index (χ1) is 10.7. The van der Waals surface area contributed by atoms with Crippen LogP contribution in [0.25, 0.3) is 0 Å². The Morgan fingerprint density at radius 3 is 2.64 bits per heavy atom. The van der Waals surface area contributed by atoms with Gasteiger partial charge in [-0.05, 0) is 30.5 Å². The highest BCUT2D eigenvalue weighted by Gasteiger charge is 2.28. The van der Waals surface area contributed by atoms with Crippen molar-refractivity contribution < 1.29 is 14.1 Å². The summed E-state index contributed by atoms with van der Waals surface area (Å²) in [6.07, 6.45) is 2.52.